The number of benzene rings is 10. The highest BCUT2D eigenvalue weighted by Crippen LogP contribution is 2.43. The van der Waals surface area contributed by atoms with Crippen LogP contribution in [0.1, 0.15) is 84.1 Å². The molecule has 5 heterocycles. The normalized spacial score (nSPS) is 10.6. The highest BCUT2D eigenvalue weighted by molar-refractivity contribution is 6.40. The van der Waals surface area contributed by atoms with Crippen molar-refractivity contribution < 1.29 is 38.7 Å². The molecule has 15 nitrogen and oxygen atoms in total. The fourth-order valence-corrected chi connectivity index (χ4v) is 14.6. The quantitative estimate of drug-likeness (QED) is 0.0851. The first-order valence-corrected chi connectivity index (χ1v) is 39.1. The Balaban J connectivity index is 0.000000149. The zero-order valence-corrected chi connectivity index (χ0v) is 70.0. The second kappa shape index (κ2) is 38.8. The molecule has 0 atom stereocenters. The number of aryl methyl sites for hydroxylation is 9. The summed E-state index contributed by atoms with van der Waals surface area (Å²) in [5.74, 6) is 0.743. The van der Waals surface area contributed by atoms with Gasteiger partial charge in [-0.15, -0.1) is 0 Å². The van der Waals surface area contributed by atoms with Gasteiger partial charge in [0.1, 0.15) is 59.1 Å². The molecule has 0 unspecified atom stereocenters. The number of aromatic nitrogens is 5. The van der Waals surface area contributed by atoms with Gasteiger partial charge >= 0.3 is 6.18 Å². The van der Waals surface area contributed by atoms with Gasteiger partial charge in [0.15, 0.2) is 0 Å². The highest BCUT2D eigenvalue weighted by Gasteiger charge is 2.32. The van der Waals surface area contributed by atoms with E-state index in [1.165, 1.54) is 12.1 Å². The topological polar surface area (TPSA) is 285 Å². The fraction of sp³-hybridized carbons (Fsp3) is 0.100. The van der Waals surface area contributed by atoms with Gasteiger partial charge in [0, 0.05) is 81.8 Å². The number of nitrogens with zero attached hydrogens (tertiary/aromatic N) is 10. The van der Waals surface area contributed by atoms with E-state index in [0.717, 1.165) is 90.2 Å². The lowest BCUT2D eigenvalue weighted by atomic mass is 9.94. The summed E-state index contributed by atoms with van der Waals surface area (Å²) >= 11 is 25.3. The molecular formula is C100H73Cl4F3N10O5. The third-order valence-corrected chi connectivity index (χ3v) is 20.8. The third kappa shape index (κ3) is 21.1. The molecule has 122 heavy (non-hydrogen) atoms. The van der Waals surface area contributed by atoms with Crippen LogP contribution in [0.2, 0.25) is 20.1 Å². The maximum atomic E-state index is 13.2. The summed E-state index contributed by atoms with van der Waals surface area (Å²) in [6.07, 6.45) is -4.48. The zero-order chi connectivity index (χ0) is 88.0. The van der Waals surface area contributed by atoms with Crippen molar-refractivity contribution in [3.8, 4) is 171 Å². The van der Waals surface area contributed by atoms with Crippen molar-refractivity contribution in [1.82, 2.24) is 24.9 Å². The summed E-state index contributed by atoms with van der Waals surface area (Å²) in [4.78, 5) is 22.4. The molecule has 0 aliphatic carbocycles. The molecule has 0 radical (unpaired) electrons. The number of hydrogen-bond acceptors (Lipinski definition) is 15. The highest BCUT2D eigenvalue weighted by atomic mass is 35.5. The Labute approximate surface area is 723 Å². The van der Waals surface area contributed by atoms with Crippen LogP contribution in [0.3, 0.4) is 0 Å². The first-order chi connectivity index (χ1) is 58.3. The van der Waals surface area contributed by atoms with Crippen LogP contribution in [-0.4, -0.2) is 50.5 Å². The molecule has 0 saturated carbocycles. The van der Waals surface area contributed by atoms with E-state index in [9.17, 15) is 65.0 Å². The first kappa shape index (κ1) is 88.2. The van der Waals surface area contributed by atoms with Gasteiger partial charge in [-0.3, -0.25) is 24.9 Å². The Morgan fingerprint density at radius 3 is 0.959 bits per heavy atom. The third-order valence-electron chi connectivity index (χ3n) is 19.4. The lowest BCUT2D eigenvalue weighted by Gasteiger charge is -2.14. The summed E-state index contributed by atoms with van der Waals surface area (Å²) in [5.41, 5.74) is 21.9. The molecule has 0 amide bonds. The van der Waals surface area contributed by atoms with Crippen molar-refractivity contribution in [3.63, 3.8) is 0 Å². The van der Waals surface area contributed by atoms with E-state index < -0.39 is 11.7 Å². The van der Waals surface area contributed by atoms with E-state index in [1.807, 2.05) is 137 Å². The zero-order valence-electron chi connectivity index (χ0n) is 67.0. The summed E-state index contributed by atoms with van der Waals surface area (Å²) in [6.45, 7) is 16.3. The largest absolute Gasteiger partial charge is 0.508 e. The Morgan fingerprint density at radius 2 is 0.598 bits per heavy atom. The van der Waals surface area contributed by atoms with Crippen LogP contribution in [0.25, 0.3) is 112 Å². The maximum absolute atomic E-state index is 13.2. The van der Waals surface area contributed by atoms with E-state index >= 15 is 0 Å². The van der Waals surface area contributed by atoms with Crippen LogP contribution in [0, 0.1) is 119 Å². The van der Waals surface area contributed by atoms with Gasteiger partial charge in [-0.25, -0.2) is 0 Å². The minimum Gasteiger partial charge on any atom is -0.508 e. The van der Waals surface area contributed by atoms with Gasteiger partial charge in [0.05, 0.1) is 95.3 Å². The summed E-state index contributed by atoms with van der Waals surface area (Å²) < 4.78 is 39.6. The second-order valence-corrected chi connectivity index (χ2v) is 30.0. The van der Waals surface area contributed by atoms with Gasteiger partial charge in [-0.1, -0.05) is 173 Å². The minimum absolute atomic E-state index is 0.0489. The number of phenolic OH excluding ortho intramolecular Hbond substituents is 5. The Bertz CT molecular complexity index is 6650. The molecule has 0 aliphatic heterocycles. The standard InChI is InChI=1S/C21H15F3N2O.C20H14Cl2N2O.C20H15ClN2O.C20H16N2O.C19H13ClN2O/c1-12-6-15(8-16(7-12)21(22,23)24)18-10-20(26-13(2)19(18)11-25)14-4-3-5-17(27)9-14;1-11-6-7-17(21)19(20(11)22)15-9-18(24-12(2)16(15)10-23)13-4-3-5-14(25)8-13;1-12-6-7-16(19(21)8-12)17-10-20(23-13(2)18(17)11-22)14-4-3-5-15(24)9-14;1-13-5-3-6-15(9-13)18-11-20(22-14(2)19(18)12-21)16-7-4-8-17(23)10-16;1-12-18(11-21)17(13-4-2-6-15(20)8-13)10-19(22-12)14-5-3-7-16(23)9-14/h3-10,27H,1-2H3;3-9,25H,1-2H3;3-10,24H,1-2H3;3-11,23H,1-2H3;2-10,23H,1H3. The fourth-order valence-electron chi connectivity index (χ4n) is 13.5. The molecule has 15 rings (SSSR count). The smallest absolute Gasteiger partial charge is 0.416 e. The average molecular weight is 1690 g/mol. The minimum atomic E-state index is -4.48. The number of rotatable bonds is 10. The second-order valence-electron chi connectivity index (χ2n) is 28.4. The number of hydrogen-bond donors (Lipinski definition) is 5. The molecule has 0 bridgehead atoms. The Hall–Kier alpha value is -14.7. The van der Waals surface area contributed by atoms with E-state index in [2.05, 4.69) is 55.3 Å². The lowest BCUT2D eigenvalue weighted by molar-refractivity contribution is -0.137. The lowest BCUT2D eigenvalue weighted by Crippen LogP contribution is -2.06. The molecule has 5 N–H and O–H groups in total. The molecular weight excluding hydrogens is 1620 g/mol. The van der Waals surface area contributed by atoms with Crippen LogP contribution in [0.15, 0.2) is 249 Å². The van der Waals surface area contributed by atoms with Gasteiger partial charge < -0.3 is 25.5 Å². The van der Waals surface area contributed by atoms with Crippen LogP contribution < -0.4 is 0 Å². The van der Waals surface area contributed by atoms with E-state index in [0.29, 0.717) is 127 Å². The summed E-state index contributed by atoms with van der Waals surface area (Å²) in [6, 6.07) is 82.4. The molecule has 5 aromatic heterocycles. The number of pyridine rings is 5. The molecule has 15 aromatic rings. The van der Waals surface area contributed by atoms with Crippen LogP contribution >= 0.6 is 46.4 Å². The predicted octanol–water partition coefficient (Wildman–Crippen LogP) is 26.4. The van der Waals surface area contributed by atoms with Crippen LogP contribution in [0.4, 0.5) is 13.2 Å². The molecule has 0 aliphatic rings. The SMILES string of the molecule is Cc1cc(-c2cc(-c3cccc(O)c3)nc(C)c2C#N)cc(C(F)(F)F)c1.Cc1ccc(-c2cc(-c3cccc(O)c3)nc(C)c2C#N)c(Cl)c1.Cc1ccc(Cl)c(-c2cc(-c3cccc(O)c3)nc(C)c2C#N)c1Cl.Cc1cccc(-c2cc(-c3cccc(O)c3)nc(C)c2C#N)c1.Cc1nc(-c2cccc(O)c2)cc(-c2cccc(Cl)c2)c1C#N. The monoisotopic (exact) mass is 1690 g/mol. The van der Waals surface area contributed by atoms with Gasteiger partial charge in [-0.05, 0) is 223 Å². The number of aromatic hydroxyl groups is 5. The molecule has 22 heteroatoms. The van der Waals surface area contributed by atoms with Gasteiger partial charge in [-0.2, -0.15) is 39.5 Å². The van der Waals surface area contributed by atoms with Crippen molar-refractivity contribution in [2.24, 2.45) is 0 Å². The van der Waals surface area contributed by atoms with Gasteiger partial charge in [0.2, 0.25) is 0 Å². The number of halogens is 7. The van der Waals surface area contributed by atoms with Crippen LogP contribution in [-0.2, 0) is 6.18 Å². The Morgan fingerprint density at radius 1 is 0.279 bits per heavy atom. The molecule has 602 valence electrons. The van der Waals surface area contributed by atoms with Crippen molar-refractivity contribution in [1.29, 1.82) is 26.3 Å². The predicted molar refractivity (Wildman–Crippen MR) is 475 cm³/mol. The summed E-state index contributed by atoms with van der Waals surface area (Å²) in [7, 11) is 0. The van der Waals surface area contributed by atoms with Crippen molar-refractivity contribution >= 4 is 46.4 Å². The molecule has 0 fully saturated rings. The Kier molecular flexibility index (Phi) is 28.1. The number of alkyl halides is 3. The molecule has 0 saturated heterocycles. The van der Waals surface area contributed by atoms with Crippen molar-refractivity contribution in [2.45, 2.75) is 68.5 Å². The number of phenols is 5. The van der Waals surface area contributed by atoms with Gasteiger partial charge in [0.25, 0.3) is 0 Å². The molecule has 0 spiro atoms. The molecule has 10 aromatic carbocycles. The summed E-state index contributed by atoms with van der Waals surface area (Å²) in [5, 5.41) is 98.3. The average Bonchev–Trinajstić information content (AvgIpc) is 0.749. The first-order valence-electron chi connectivity index (χ1n) is 37.6. The maximum Gasteiger partial charge on any atom is 0.416 e. The van der Waals surface area contributed by atoms with E-state index in [-0.39, 0.29) is 34.3 Å². The van der Waals surface area contributed by atoms with E-state index in [4.69, 9.17) is 46.4 Å². The van der Waals surface area contributed by atoms with Crippen LogP contribution in [0.5, 0.6) is 28.7 Å². The van der Waals surface area contributed by atoms with Crippen molar-refractivity contribution in [3.05, 3.63) is 353 Å². The van der Waals surface area contributed by atoms with E-state index in [1.54, 1.807) is 150 Å². The number of nitriles is 5. The van der Waals surface area contributed by atoms with Crippen molar-refractivity contribution in [2.75, 3.05) is 0 Å².